The molecule has 0 radical (unpaired) electrons. The second-order valence-electron chi connectivity index (χ2n) is 6.38. The van der Waals surface area contributed by atoms with E-state index in [0.29, 0.717) is 24.4 Å². The van der Waals surface area contributed by atoms with E-state index in [2.05, 4.69) is 9.62 Å². The third kappa shape index (κ3) is 4.51. The number of rotatable bonds is 5. The first-order chi connectivity index (χ1) is 12.5. The van der Waals surface area contributed by atoms with Crippen LogP contribution in [0.15, 0.2) is 52.0 Å². The smallest absolute Gasteiger partial charge is 0.253 e. The van der Waals surface area contributed by atoms with E-state index in [9.17, 15) is 13.2 Å². The Morgan fingerprint density at radius 1 is 1.12 bits per heavy atom. The summed E-state index contributed by atoms with van der Waals surface area (Å²) in [5.41, 5.74) is 0.500. The molecule has 3 rings (SSSR count). The zero-order chi connectivity index (χ0) is 18.6. The average molecular weight is 377 g/mol. The Balaban J connectivity index is 1.66. The zero-order valence-electron chi connectivity index (χ0n) is 14.7. The molecule has 0 atom stereocenters. The standard InChI is InChI=1S/C18H23N3O4S/c1-20-9-3-10-21(12-11-20)18(22)15-5-7-17(8-6-15)26(23,24)19-14-16-4-2-13-25-16/h2,4-8,13,19H,3,9-12,14H2,1H3. The summed E-state index contributed by atoms with van der Waals surface area (Å²) in [6.45, 7) is 3.29. The maximum Gasteiger partial charge on any atom is 0.253 e. The molecule has 0 unspecified atom stereocenters. The SMILES string of the molecule is CN1CCCN(C(=O)c2ccc(S(=O)(=O)NCc3ccco3)cc2)CC1. The van der Waals surface area contributed by atoms with Gasteiger partial charge < -0.3 is 14.2 Å². The third-order valence-electron chi connectivity index (χ3n) is 4.43. The van der Waals surface area contributed by atoms with E-state index >= 15 is 0 Å². The summed E-state index contributed by atoms with van der Waals surface area (Å²) >= 11 is 0. The van der Waals surface area contributed by atoms with E-state index in [4.69, 9.17) is 4.42 Å². The Morgan fingerprint density at radius 3 is 2.58 bits per heavy atom. The van der Waals surface area contributed by atoms with Crippen LogP contribution < -0.4 is 4.72 Å². The minimum Gasteiger partial charge on any atom is -0.468 e. The maximum absolute atomic E-state index is 12.6. The van der Waals surface area contributed by atoms with Crippen LogP contribution >= 0.6 is 0 Å². The number of carbonyl (C=O) groups is 1. The molecular weight excluding hydrogens is 354 g/mol. The minimum absolute atomic E-state index is 0.0622. The largest absolute Gasteiger partial charge is 0.468 e. The summed E-state index contributed by atoms with van der Waals surface area (Å²) in [6, 6.07) is 9.45. The zero-order valence-corrected chi connectivity index (χ0v) is 15.5. The molecule has 0 saturated carbocycles. The Labute approximate surface area is 153 Å². The van der Waals surface area contributed by atoms with E-state index in [1.54, 1.807) is 24.3 Å². The Hall–Kier alpha value is -2.16. The molecule has 1 aromatic heterocycles. The van der Waals surface area contributed by atoms with Crippen LogP contribution in [0.25, 0.3) is 0 Å². The number of nitrogens with one attached hydrogen (secondary N) is 1. The van der Waals surface area contributed by atoms with E-state index in [-0.39, 0.29) is 17.3 Å². The second kappa shape index (κ2) is 8.03. The molecule has 0 aliphatic carbocycles. The fourth-order valence-corrected chi connectivity index (χ4v) is 3.86. The molecule has 0 bridgehead atoms. The number of hydrogen-bond acceptors (Lipinski definition) is 5. The number of sulfonamides is 1. The molecule has 1 N–H and O–H groups in total. The lowest BCUT2D eigenvalue weighted by molar-refractivity contribution is 0.0762. The lowest BCUT2D eigenvalue weighted by Gasteiger charge is -2.20. The normalized spacial score (nSPS) is 16.4. The summed E-state index contributed by atoms with van der Waals surface area (Å²) in [5, 5.41) is 0. The summed E-state index contributed by atoms with van der Waals surface area (Å²) in [4.78, 5) is 16.8. The van der Waals surface area contributed by atoms with Gasteiger partial charge in [0.15, 0.2) is 0 Å². The van der Waals surface area contributed by atoms with E-state index < -0.39 is 10.0 Å². The molecule has 26 heavy (non-hydrogen) atoms. The maximum atomic E-state index is 12.6. The van der Waals surface area contributed by atoms with Gasteiger partial charge in [-0.2, -0.15) is 0 Å². The van der Waals surface area contributed by atoms with Crippen LogP contribution in [-0.2, 0) is 16.6 Å². The summed E-state index contributed by atoms with van der Waals surface area (Å²) in [7, 11) is -1.61. The molecule has 1 fully saturated rings. The van der Waals surface area contributed by atoms with Gasteiger partial charge in [-0.1, -0.05) is 0 Å². The molecular formula is C18H23N3O4S. The Morgan fingerprint density at radius 2 is 1.88 bits per heavy atom. The topological polar surface area (TPSA) is 82.9 Å². The molecule has 2 aromatic rings. The van der Waals surface area contributed by atoms with Crippen LogP contribution in [0.3, 0.4) is 0 Å². The van der Waals surface area contributed by atoms with E-state index in [1.165, 1.54) is 18.4 Å². The number of amides is 1. The molecule has 1 amide bonds. The van der Waals surface area contributed by atoms with Crippen molar-refractivity contribution < 1.29 is 17.6 Å². The quantitative estimate of drug-likeness (QED) is 0.855. The highest BCUT2D eigenvalue weighted by atomic mass is 32.2. The lowest BCUT2D eigenvalue weighted by Crippen LogP contribution is -2.34. The van der Waals surface area contributed by atoms with Crippen molar-refractivity contribution in [1.82, 2.24) is 14.5 Å². The van der Waals surface area contributed by atoms with E-state index in [0.717, 1.165) is 19.5 Å². The van der Waals surface area contributed by atoms with Crippen molar-refractivity contribution in [2.45, 2.75) is 17.9 Å². The van der Waals surface area contributed by atoms with Gasteiger partial charge in [-0.3, -0.25) is 4.79 Å². The highest BCUT2D eigenvalue weighted by Gasteiger charge is 2.20. The summed E-state index contributed by atoms with van der Waals surface area (Å²) < 4.78 is 32.3. The summed E-state index contributed by atoms with van der Waals surface area (Å²) in [6.07, 6.45) is 2.43. The van der Waals surface area contributed by atoms with Crippen molar-refractivity contribution in [3.05, 3.63) is 54.0 Å². The van der Waals surface area contributed by atoms with Crippen molar-refractivity contribution in [1.29, 1.82) is 0 Å². The second-order valence-corrected chi connectivity index (χ2v) is 8.14. The average Bonchev–Trinajstić information content (AvgIpc) is 3.07. The fourth-order valence-electron chi connectivity index (χ4n) is 2.87. The van der Waals surface area contributed by atoms with Crippen molar-refractivity contribution in [3.63, 3.8) is 0 Å². The number of hydrogen-bond donors (Lipinski definition) is 1. The highest BCUT2D eigenvalue weighted by Crippen LogP contribution is 2.14. The molecule has 1 aromatic carbocycles. The van der Waals surface area contributed by atoms with Crippen LogP contribution in [0.5, 0.6) is 0 Å². The van der Waals surface area contributed by atoms with Crippen LogP contribution in [0.1, 0.15) is 22.5 Å². The molecule has 2 heterocycles. The Kier molecular flexibility index (Phi) is 5.75. The van der Waals surface area contributed by atoms with Crippen LogP contribution in [0.2, 0.25) is 0 Å². The van der Waals surface area contributed by atoms with Crippen molar-refractivity contribution in [2.75, 3.05) is 33.2 Å². The predicted molar refractivity (Wildman–Crippen MR) is 97.2 cm³/mol. The van der Waals surface area contributed by atoms with Crippen molar-refractivity contribution in [2.24, 2.45) is 0 Å². The van der Waals surface area contributed by atoms with Gasteiger partial charge in [0.25, 0.3) is 5.91 Å². The van der Waals surface area contributed by atoms with Gasteiger partial charge >= 0.3 is 0 Å². The van der Waals surface area contributed by atoms with Gasteiger partial charge in [0.2, 0.25) is 10.0 Å². The first-order valence-corrected chi connectivity index (χ1v) is 10.0. The highest BCUT2D eigenvalue weighted by molar-refractivity contribution is 7.89. The van der Waals surface area contributed by atoms with Crippen LogP contribution in [0, 0.1) is 0 Å². The summed E-state index contributed by atoms with van der Waals surface area (Å²) in [5.74, 6) is 0.472. The van der Waals surface area contributed by atoms with Gasteiger partial charge in [0, 0.05) is 25.2 Å². The van der Waals surface area contributed by atoms with Crippen LogP contribution in [-0.4, -0.2) is 57.4 Å². The van der Waals surface area contributed by atoms with Gasteiger partial charge in [-0.15, -0.1) is 0 Å². The number of furan rings is 1. The number of likely N-dealkylation sites (N-methyl/N-ethyl adjacent to an activating group) is 1. The monoisotopic (exact) mass is 377 g/mol. The van der Waals surface area contributed by atoms with Crippen molar-refractivity contribution in [3.8, 4) is 0 Å². The first-order valence-electron chi connectivity index (χ1n) is 8.56. The molecule has 7 nitrogen and oxygen atoms in total. The molecule has 140 valence electrons. The first kappa shape index (κ1) is 18.6. The minimum atomic E-state index is -3.66. The van der Waals surface area contributed by atoms with Crippen molar-refractivity contribution >= 4 is 15.9 Å². The number of benzene rings is 1. The number of nitrogens with zero attached hydrogens (tertiary/aromatic N) is 2. The van der Waals surface area contributed by atoms with E-state index in [1.807, 2.05) is 11.9 Å². The third-order valence-corrected chi connectivity index (χ3v) is 5.85. The van der Waals surface area contributed by atoms with Gasteiger partial charge in [0.05, 0.1) is 17.7 Å². The van der Waals surface area contributed by atoms with Gasteiger partial charge in [-0.05, 0) is 56.4 Å². The van der Waals surface area contributed by atoms with Gasteiger partial charge in [-0.25, -0.2) is 13.1 Å². The lowest BCUT2D eigenvalue weighted by atomic mass is 10.2. The van der Waals surface area contributed by atoms with Crippen LogP contribution in [0.4, 0.5) is 0 Å². The molecule has 8 heteroatoms. The molecule has 1 saturated heterocycles. The Bertz CT molecular complexity index is 832. The molecule has 0 spiro atoms. The molecule has 1 aliphatic heterocycles. The predicted octanol–water partition coefficient (Wildman–Crippen LogP) is 1.54. The number of carbonyl (C=O) groups excluding carboxylic acids is 1. The van der Waals surface area contributed by atoms with Gasteiger partial charge in [0.1, 0.15) is 5.76 Å². The molecule has 1 aliphatic rings. The fraction of sp³-hybridized carbons (Fsp3) is 0.389.